The first-order chi connectivity index (χ1) is 8.86. The average molecular weight is 269 g/mol. The summed E-state index contributed by atoms with van der Waals surface area (Å²) in [6.45, 7) is 5.52. The zero-order chi connectivity index (χ0) is 14.6. The standard InChI is InChI=1S/C14H20FNO3/c1-8(2)13(14(18)19-4)16-9(3)11-6-5-10(17)7-12(11)15/h5-9,13,16-17H,1-4H3/t9?,13-/m0/s1. The molecule has 1 unspecified atom stereocenters. The molecule has 106 valence electrons. The van der Waals surface area contributed by atoms with Crippen LogP contribution >= 0.6 is 0 Å². The van der Waals surface area contributed by atoms with Crippen LogP contribution in [0.1, 0.15) is 32.4 Å². The van der Waals surface area contributed by atoms with Crippen LogP contribution in [-0.2, 0) is 9.53 Å². The number of rotatable bonds is 5. The van der Waals surface area contributed by atoms with E-state index >= 15 is 0 Å². The summed E-state index contributed by atoms with van der Waals surface area (Å²) in [7, 11) is 1.32. The molecule has 0 saturated carbocycles. The third-order valence-corrected chi connectivity index (χ3v) is 3.00. The van der Waals surface area contributed by atoms with Crippen molar-refractivity contribution < 1.29 is 19.0 Å². The Bertz CT molecular complexity index is 448. The number of hydrogen-bond acceptors (Lipinski definition) is 4. The van der Waals surface area contributed by atoms with Crippen molar-refractivity contribution in [2.24, 2.45) is 5.92 Å². The highest BCUT2D eigenvalue weighted by Gasteiger charge is 2.25. The first-order valence-electron chi connectivity index (χ1n) is 6.19. The van der Waals surface area contributed by atoms with Gasteiger partial charge in [-0.15, -0.1) is 0 Å². The summed E-state index contributed by atoms with van der Waals surface area (Å²) in [5.74, 6) is -0.981. The Morgan fingerprint density at radius 2 is 2.00 bits per heavy atom. The van der Waals surface area contributed by atoms with Crippen molar-refractivity contribution in [1.82, 2.24) is 5.32 Å². The number of ether oxygens (including phenoxy) is 1. The predicted molar refractivity (Wildman–Crippen MR) is 70.3 cm³/mol. The zero-order valence-corrected chi connectivity index (χ0v) is 11.6. The summed E-state index contributed by atoms with van der Waals surface area (Å²) >= 11 is 0. The molecule has 0 bridgehead atoms. The van der Waals surface area contributed by atoms with Gasteiger partial charge in [0.25, 0.3) is 0 Å². The molecule has 0 aliphatic heterocycles. The normalized spacial score (nSPS) is 14.2. The molecule has 0 heterocycles. The van der Waals surface area contributed by atoms with Gasteiger partial charge in [0.2, 0.25) is 0 Å². The highest BCUT2D eigenvalue weighted by atomic mass is 19.1. The molecule has 2 N–H and O–H groups in total. The van der Waals surface area contributed by atoms with E-state index in [-0.39, 0.29) is 23.7 Å². The van der Waals surface area contributed by atoms with Gasteiger partial charge < -0.3 is 9.84 Å². The fourth-order valence-electron chi connectivity index (χ4n) is 1.89. The van der Waals surface area contributed by atoms with E-state index in [9.17, 15) is 14.3 Å². The lowest BCUT2D eigenvalue weighted by molar-refractivity contribution is -0.144. The molecule has 1 rings (SSSR count). The Morgan fingerprint density at radius 3 is 2.47 bits per heavy atom. The van der Waals surface area contributed by atoms with Crippen LogP contribution in [0.2, 0.25) is 0 Å². The van der Waals surface area contributed by atoms with Crippen LogP contribution in [0.15, 0.2) is 18.2 Å². The van der Waals surface area contributed by atoms with Crippen molar-refractivity contribution in [3.05, 3.63) is 29.6 Å². The number of hydrogen-bond donors (Lipinski definition) is 2. The molecule has 0 fully saturated rings. The maximum atomic E-state index is 13.7. The molecule has 0 aromatic heterocycles. The van der Waals surface area contributed by atoms with E-state index in [4.69, 9.17) is 4.74 Å². The van der Waals surface area contributed by atoms with Crippen LogP contribution in [0.3, 0.4) is 0 Å². The largest absolute Gasteiger partial charge is 0.508 e. The molecule has 19 heavy (non-hydrogen) atoms. The second-order valence-corrected chi connectivity index (χ2v) is 4.84. The van der Waals surface area contributed by atoms with Gasteiger partial charge >= 0.3 is 5.97 Å². The monoisotopic (exact) mass is 269 g/mol. The Kier molecular flexibility index (Phi) is 5.30. The van der Waals surface area contributed by atoms with Gasteiger partial charge in [-0.05, 0) is 18.9 Å². The van der Waals surface area contributed by atoms with Gasteiger partial charge in [-0.25, -0.2) is 4.39 Å². The highest BCUT2D eigenvalue weighted by Crippen LogP contribution is 2.22. The number of benzene rings is 1. The maximum Gasteiger partial charge on any atom is 0.323 e. The lowest BCUT2D eigenvalue weighted by Gasteiger charge is -2.24. The summed E-state index contributed by atoms with van der Waals surface area (Å²) in [6.07, 6.45) is 0. The topological polar surface area (TPSA) is 58.6 Å². The van der Waals surface area contributed by atoms with Gasteiger partial charge in [-0.3, -0.25) is 10.1 Å². The van der Waals surface area contributed by atoms with Crippen molar-refractivity contribution in [1.29, 1.82) is 0 Å². The summed E-state index contributed by atoms with van der Waals surface area (Å²) in [4.78, 5) is 11.6. The first kappa shape index (κ1) is 15.4. The molecule has 2 atom stereocenters. The summed E-state index contributed by atoms with van der Waals surface area (Å²) in [6, 6.07) is 3.09. The van der Waals surface area contributed by atoms with Gasteiger partial charge in [0, 0.05) is 17.7 Å². The van der Waals surface area contributed by atoms with Gasteiger partial charge in [0.15, 0.2) is 0 Å². The minimum Gasteiger partial charge on any atom is -0.508 e. The number of aromatic hydroxyl groups is 1. The summed E-state index contributed by atoms with van der Waals surface area (Å²) in [5.41, 5.74) is 0.396. The van der Waals surface area contributed by atoms with E-state index in [1.54, 1.807) is 6.92 Å². The molecule has 5 heteroatoms. The van der Waals surface area contributed by atoms with Crippen LogP contribution in [-0.4, -0.2) is 24.2 Å². The number of methoxy groups -OCH3 is 1. The molecular weight excluding hydrogens is 249 g/mol. The maximum absolute atomic E-state index is 13.7. The van der Waals surface area contributed by atoms with Gasteiger partial charge in [-0.1, -0.05) is 19.9 Å². The van der Waals surface area contributed by atoms with Gasteiger partial charge in [0.05, 0.1) is 7.11 Å². The minimum absolute atomic E-state index is 0.0232. The van der Waals surface area contributed by atoms with Crippen LogP contribution < -0.4 is 5.32 Å². The fraction of sp³-hybridized carbons (Fsp3) is 0.500. The highest BCUT2D eigenvalue weighted by molar-refractivity contribution is 5.76. The molecule has 1 aromatic carbocycles. The smallest absolute Gasteiger partial charge is 0.323 e. The zero-order valence-electron chi connectivity index (χ0n) is 11.6. The van der Waals surface area contributed by atoms with Crippen molar-refractivity contribution in [2.75, 3.05) is 7.11 Å². The van der Waals surface area contributed by atoms with Crippen LogP contribution in [0.25, 0.3) is 0 Å². The molecule has 0 saturated heterocycles. The lowest BCUT2D eigenvalue weighted by atomic mass is 10.0. The third kappa shape index (κ3) is 3.92. The fourth-order valence-corrected chi connectivity index (χ4v) is 1.89. The number of halogens is 1. The molecule has 4 nitrogen and oxygen atoms in total. The molecule has 0 aliphatic rings. The molecule has 0 aliphatic carbocycles. The third-order valence-electron chi connectivity index (χ3n) is 3.00. The Morgan fingerprint density at radius 1 is 1.37 bits per heavy atom. The number of nitrogens with one attached hydrogen (secondary N) is 1. The van der Waals surface area contributed by atoms with Crippen molar-refractivity contribution in [3.8, 4) is 5.75 Å². The van der Waals surface area contributed by atoms with E-state index in [1.165, 1.54) is 19.2 Å². The van der Waals surface area contributed by atoms with Crippen LogP contribution in [0, 0.1) is 11.7 Å². The molecule has 0 spiro atoms. The van der Waals surface area contributed by atoms with E-state index in [2.05, 4.69) is 5.32 Å². The first-order valence-corrected chi connectivity index (χ1v) is 6.19. The van der Waals surface area contributed by atoms with Crippen LogP contribution in [0.4, 0.5) is 4.39 Å². The molecular formula is C14H20FNO3. The average Bonchev–Trinajstić information content (AvgIpc) is 2.34. The van der Waals surface area contributed by atoms with Crippen molar-refractivity contribution in [2.45, 2.75) is 32.9 Å². The number of esters is 1. The molecule has 1 aromatic rings. The van der Waals surface area contributed by atoms with E-state index in [0.717, 1.165) is 6.07 Å². The number of phenolic OH excluding ortho intramolecular Hbond substituents is 1. The number of carbonyl (C=O) groups excluding carboxylic acids is 1. The van der Waals surface area contributed by atoms with E-state index in [0.29, 0.717) is 5.56 Å². The molecule has 0 amide bonds. The quantitative estimate of drug-likeness (QED) is 0.806. The SMILES string of the molecule is COC(=O)[C@@H](NC(C)c1ccc(O)cc1F)C(C)C. The number of carbonyl (C=O) groups is 1. The minimum atomic E-state index is -0.507. The van der Waals surface area contributed by atoms with Crippen molar-refractivity contribution >= 4 is 5.97 Å². The lowest BCUT2D eigenvalue weighted by Crippen LogP contribution is -2.43. The molecule has 0 radical (unpaired) electrons. The Hall–Kier alpha value is -1.62. The van der Waals surface area contributed by atoms with Crippen LogP contribution in [0.5, 0.6) is 5.75 Å². The van der Waals surface area contributed by atoms with Gasteiger partial charge in [-0.2, -0.15) is 0 Å². The Balaban J connectivity index is 2.87. The van der Waals surface area contributed by atoms with E-state index < -0.39 is 11.9 Å². The summed E-state index contributed by atoms with van der Waals surface area (Å²) in [5, 5.41) is 12.2. The number of phenols is 1. The summed E-state index contributed by atoms with van der Waals surface area (Å²) < 4.78 is 18.4. The van der Waals surface area contributed by atoms with Crippen molar-refractivity contribution in [3.63, 3.8) is 0 Å². The second kappa shape index (κ2) is 6.52. The second-order valence-electron chi connectivity index (χ2n) is 4.84. The van der Waals surface area contributed by atoms with Gasteiger partial charge in [0.1, 0.15) is 17.6 Å². The van der Waals surface area contributed by atoms with E-state index in [1.807, 2.05) is 13.8 Å². The predicted octanol–water partition coefficient (Wildman–Crippen LogP) is 2.38. The Labute approximate surface area is 112 Å².